The Morgan fingerprint density at radius 2 is 1.76 bits per heavy atom. The molecule has 0 spiro atoms. The molecule has 4 rings (SSSR count). The van der Waals surface area contributed by atoms with E-state index in [-0.39, 0.29) is 5.91 Å². The highest BCUT2D eigenvalue weighted by molar-refractivity contribution is 6.07. The molecule has 0 radical (unpaired) electrons. The summed E-state index contributed by atoms with van der Waals surface area (Å²) >= 11 is 0. The molecule has 0 saturated carbocycles. The Balaban J connectivity index is 1.53. The van der Waals surface area contributed by atoms with Crippen LogP contribution in [-0.4, -0.2) is 30.1 Å². The molecule has 1 aliphatic heterocycles. The van der Waals surface area contributed by atoms with Crippen LogP contribution in [0, 0.1) is 5.92 Å². The van der Waals surface area contributed by atoms with Gasteiger partial charge < -0.3 is 20.1 Å². The predicted molar refractivity (Wildman–Crippen MR) is 121 cm³/mol. The van der Waals surface area contributed by atoms with E-state index in [1.807, 2.05) is 24.7 Å². The van der Waals surface area contributed by atoms with Gasteiger partial charge >= 0.3 is 0 Å². The molecule has 1 aliphatic rings. The average Bonchev–Trinajstić information content (AvgIpc) is 3.06. The van der Waals surface area contributed by atoms with Crippen molar-refractivity contribution in [1.29, 1.82) is 0 Å². The molecule has 1 aromatic heterocycles. The number of nitrogens with one attached hydrogen (secondary N) is 2. The van der Waals surface area contributed by atoms with Gasteiger partial charge in [-0.15, -0.1) is 0 Å². The van der Waals surface area contributed by atoms with Crippen molar-refractivity contribution in [3.05, 3.63) is 54.2 Å². The number of piperidine rings is 1. The Labute approximate surface area is 172 Å². The Morgan fingerprint density at radius 3 is 2.45 bits per heavy atom. The lowest BCUT2D eigenvalue weighted by molar-refractivity contribution is 0.0957. The van der Waals surface area contributed by atoms with Crippen molar-refractivity contribution in [1.82, 2.24) is 9.88 Å². The number of fused-ring (bicyclic) bond motifs is 1. The minimum atomic E-state index is -0.0320. The second kappa shape index (κ2) is 8.19. The fourth-order valence-electron chi connectivity index (χ4n) is 4.10. The zero-order valence-electron chi connectivity index (χ0n) is 17.5. The minimum absolute atomic E-state index is 0.0320. The number of carbonyl (C=O) groups is 1. The van der Waals surface area contributed by atoms with Crippen molar-refractivity contribution in [3.63, 3.8) is 0 Å². The molecular weight excluding hydrogens is 360 g/mol. The molecule has 1 saturated heterocycles. The van der Waals surface area contributed by atoms with E-state index >= 15 is 0 Å². The molecule has 0 atom stereocenters. The standard InChI is InChI=1S/C24H30N4O/c1-4-25-24(29)22-16-27(3)23-10-7-19(15-21(22)23)26-18-5-8-20(9-6-18)28-13-11-17(2)12-14-28/h5-10,15-17,26H,4,11-14H2,1-3H3,(H,25,29). The van der Waals surface area contributed by atoms with Gasteiger partial charge in [0.05, 0.1) is 5.56 Å². The molecule has 2 heterocycles. The summed E-state index contributed by atoms with van der Waals surface area (Å²) in [6.07, 6.45) is 4.43. The number of rotatable bonds is 5. The lowest BCUT2D eigenvalue weighted by Gasteiger charge is -2.32. The van der Waals surface area contributed by atoms with Crippen molar-refractivity contribution in [2.45, 2.75) is 26.7 Å². The van der Waals surface area contributed by atoms with E-state index in [0.717, 1.165) is 41.3 Å². The number of amides is 1. The number of carbonyl (C=O) groups excluding carboxylic acids is 1. The number of hydrogen-bond donors (Lipinski definition) is 2. The zero-order valence-corrected chi connectivity index (χ0v) is 17.5. The summed E-state index contributed by atoms with van der Waals surface area (Å²) in [6.45, 7) is 7.17. The summed E-state index contributed by atoms with van der Waals surface area (Å²) in [6, 6.07) is 14.8. The van der Waals surface area contributed by atoms with Gasteiger partial charge in [-0.25, -0.2) is 0 Å². The van der Waals surface area contributed by atoms with E-state index in [1.54, 1.807) is 0 Å². The lowest BCUT2D eigenvalue weighted by Crippen LogP contribution is -2.32. The summed E-state index contributed by atoms with van der Waals surface area (Å²) in [5.74, 6) is 0.805. The summed E-state index contributed by atoms with van der Waals surface area (Å²) in [7, 11) is 1.97. The molecule has 0 aliphatic carbocycles. The minimum Gasteiger partial charge on any atom is -0.372 e. The summed E-state index contributed by atoms with van der Waals surface area (Å²) in [4.78, 5) is 14.9. The Bertz CT molecular complexity index is 998. The number of hydrogen-bond acceptors (Lipinski definition) is 3. The number of aromatic nitrogens is 1. The fraction of sp³-hybridized carbons (Fsp3) is 0.375. The molecule has 1 amide bonds. The molecule has 5 nitrogen and oxygen atoms in total. The van der Waals surface area contributed by atoms with Gasteiger partial charge in [-0.3, -0.25) is 4.79 Å². The van der Waals surface area contributed by atoms with E-state index in [4.69, 9.17) is 0 Å². The van der Waals surface area contributed by atoms with E-state index < -0.39 is 0 Å². The van der Waals surface area contributed by atoms with E-state index in [2.05, 4.69) is 64.9 Å². The molecule has 1 fully saturated rings. The lowest BCUT2D eigenvalue weighted by atomic mass is 9.99. The van der Waals surface area contributed by atoms with Gasteiger partial charge in [-0.05, 0) is 68.1 Å². The first kappa shape index (κ1) is 19.4. The van der Waals surface area contributed by atoms with E-state index in [0.29, 0.717) is 12.1 Å². The maximum atomic E-state index is 12.4. The second-order valence-electron chi connectivity index (χ2n) is 8.09. The Morgan fingerprint density at radius 1 is 1.07 bits per heavy atom. The van der Waals surface area contributed by atoms with Crippen LogP contribution in [-0.2, 0) is 7.05 Å². The van der Waals surface area contributed by atoms with Gasteiger partial charge in [0, 0.05) is 60.8 Å². The van der Waals surface area contributed by atoms with Gasteiger partial charge in [0.15, 0.2) is 0 Å². The molecule has 2 N–H and O–H groups in total. The van der Waals surface area contributed by atoms with Crippen molar-refractivity contribution >= 4 is 33.9 Å². The van der Waals surface area contributed by atoms with Crippen molar-refractivity contribution < 1.29 is 4.79 Å². The van der Waals surface area contributed by atoms with Gasteiger partial charge in [-0.1, -0.05) is 6.92 Å². The maximum absolute atomic E-state index is 12.4. The summed E-state index contributed by atoms with van der Waals surface area (Å²) < 4.78 is 2.00. The number of benzene rings is 2. The smallest absolute Gasteiger partial charge is 0.253 e. The third-order valence-electron chi connectivity index (χ3n) is 5.88. The average molecular weight is 391 g/mol. The second-order valence-corrected chi connectivity index (χ2v) is 8.09. The molecule has 2 aromatic carbocycles. The quantitative estimate of drug-likeness (QED) is 0.651. The van der Waals surface area contributed by atoms with Gasteiger partial charge in [-0.2, -0.15) is 0 Å². The topological polar surface area (TPSA) is 49.3 Å². The largest absolute Gasteiger partial charge is 0.372 e. The van der Waals surface area contributed by atoms with Gasteiger partial charge in [0.1, 0.15) is 0 Å². The molecule has 0 unspecified atom stereocenters. The molecule has 3 aromatic rings. The zero-order chi connectivity index (χ0) is 20.4. The summed E-state index contributed by atoms with van der Waals surface area (Å²) in [5, 5.41) is 7.34. The van der Waals surface area contributed by atoms with Crippen LogP contribution in [0.1, 0.15) is 37.0 Å². The van der Waals surface area contributed by atoms with Crippen molar-refractivity contribution in [3.8, 4) is 0 Å². The van der Waals surface area contributed by atoms with Crippen LogP contribution in [0.4, 0.5) is 17.1 Å². The van der Waals surface area contributed by atoms with Crippen LogP contribution in [0.3, 0.4) is 0 Å². The highest BCUT2D eigenvalue weighted by Gasteiger charge is 2.16. The third-order valence-corrected chi connectivity index (χ3v) is 5.88. The molecule has 29 heavy (non-hydrogen) atoms. The number of anilines is 3. The molecule has 152 valence electrons. The van der Waals surface area contributed by atoms with Gasteiger partial charge in [0.2, 0.25) is 0 Å². The Kier molecular flexibility index (Phi) is 5.47. The molecule has 0 bridgehead atoms. The fourth-order valence-corrected chi connectivity index (χ4v) is 4.10. The molecule has 5 heteroatoms. The van der Waals surface area contributed by atoms with Crippen LogP contribution >= 0.6 is 0 Å². The first-order valence-electron chi connectivity index (χ1n) is 10.5. The van der Waals surface area contributed by atoms with Crippen LogP contribution in [0.2, 0.25) is 0 Å². The van der Waals surface area contributed by atoms with Crippen molar-refractivity contribution in [2.24, 2.45) is 13.0 Å². The number of aryl methyl sites for hydroxylation is 1. The van der Waals surface area contributed by atoms with Crippen LogP contribution in [0.15, 0.2) is 48.7 Å². The van der Waals surface area contributed by atoms with Crippen LogP contribution < -0.4 is 15.5 Å². The highest BCUT2D eigenvalue weighted by atomic mass is 16.1. The van der Waals surface area contributed by atoms with Crippen LogP contribution in [0.25, 0.3) is 10.9 Å². The first-order valence-corrected chi connectivity index (χ1v) is 10.5. The van der Waals surface area contributed by atoms with E-state index in [1.165, 1.54) is 18.5 Å². The Hall–Kier alpha value is -2.95. The van der Waals surface area contributed by atoms with Crippen LogP contribution in [0.5, 0.6) is 0 Å². The highest BCUT2D eigenvalue weighted by Crippen LogP contribution is 2.28. The van der Waals surface area contributed by atoms with E-state index in [9.17, 15) is 4.79 Å². The number of nitrogens with zero attached hydrogens (tertiary/aromatic N) is 2. The van der Waals surface area contributed by atoms with Gasteiger partial charge in [0.25, 0.3) is 5.91 Å². The SMILES string of the molecule is CCNC(=O)c1cn(C)c2ccc(Nc3ccc(N4CCC(C)CC4)cc3)cc12. The van der Waals surface area contributed by atoms with Crippen molar-refractivity contribution in [2.75, 3.05) is 29.9 Å². The normalized spacial score (nSPS) is 14.9. The monoisotopic (exact) mass is 390 g/mol. The first-order chi connectivity index (χ1) is 14.0. The third kappa shape index (κ3) is 4.09. The summed E-state index contributed by atoms with van der Waals surface area (Å²) in [5.41, 5.74) is 5.08. The predicted octanol–water partition coefficient (Wildman–Crippen LogP) is 4.91. The molecular formula is C24H30N4O. The maximum Gasteiger partial charge on any atom is 0.253 e.